The van der Waals surface area contributed by atoms with E-state index in [9.17, 15) is 9.59 Å². The standard InChI is InChI=1S/C23H24N4O4/c1-27-13-17(16-4-2-3-5-18(16)27)22(28)25-26-23(29)24-21(14-6-7-14)15-8-9-19-20(12-15)31-11-10-30-19/h2-5,8-9,12-14,21H,6-7,10-11H2,1H3,(H,25,28)(H2,24,26,29). The van der Waals surface area contributed by atoms with Crippen molar-refractivity contribution in [1.29, 1.82) is 0 Å². The molecule has 1 fully saturated rings. The Bertz CT molecular complexity index is 1150. The lowest BCUT2D eigenvalue weighted by Gasteiger charge is -2.23. The van der Waals surface area contributed by atoms with Gasteiger partial charge in [-0.3, -0.25) is 10.2 Å². The van der Waals surface area contributed by atoms with Crippen LogP contribution in [0.5, 0.6) is 11.5 Å². The maximum Gasteiger partial charge on any atom is 0.333 e. The summed E-state index contributed by atoms with van der Waals surface area (Å²) in [5.41, 5.74) is 7.41. The molecule has 1 aromatic heterocycles. The van der Waals surface area contributed by atoms with Crippen LogP contribution in [0, 0.1) is 5.92 Å². The second-order valence-corrected chi connectivity index (χ2v) is 7.94. The van der Waals surface area contributed by atoms with E-state index in [1.165, 1.54) is 0 Å². The first-order valence-corrected chi connectivity index (χ1v) is 10.4. The summed E-state index contributed by atoms with van der Waals surface area (Å²) in [5.74, 6) is 1.41. The molecule has 160 valence electrons. The SMILES string of the molecule is Cn1cc(C(=O)NNC(=O)NC(c2ccc3c(c2)OCCO3)C2CC2)c2ccccc21. The van der Waals surface area contributed by atoms with Gasteiger partial charge in [0.05, 0.1) is 11.6 Å². The molecule has 1 unspecified atom stereocenters. The smallest absolute Gasteiger partial charge is 0.333 e. The van der Waals surface area contributed by atoms with Crippen LogP contribution in [0.3, 0.4) is 0 Å². The molecule has 1 aliphatic heterocycles. The molecule has 2 aliphatic rings. The minimum Gasteiger partial charge on any atom is -0.486 e. The molecule has 8 heteroatoms. The van der Waals surface area contributed by atoms with Crippen molar-refractivity contribution in [3.8, 4) is 11.5 Å². The quantitative estimate of drug-likeness (QED) is 0.566. The van der Waals surface area contributed by atoms with E-state index in [-0.39, 0.29) is 11.9 Å². The number of benzene rings is 2. The van der Waals surface area contributed by atoms with E-state index in [0.29, 0.717) is 30.4 Å². The second kappa shape index (κ2) is 7.86. The number of rotatable bonds is 4. The molecule has 31 heavy (non-hydrogen) atoms. The molecule has 3 amide bonds. The zero-order valence-corrected chi connectivity index (χ0v) is 17.2. The maximum absolute atomic E-state index is 12.6. The van der Waals surface area contributed by atoms with E-state index in [2.05, 4.69) is 16.2 Å². The summed E-state index contributed by atoms with van der Waals surface area (Å²) in [5, 5.41) is 3.82. The van der Waals surface area contributed by atoms with Crippen LogP contribution in [0.15, 0.2) is 48.7 Å². The van der Waals surface area contributed by atoms with Crippen LogP contribution in [0.25, 0.3) is 10.9 Å². The van der Waals surface area contributed by atoms with Crippen molar-refractivity contribution in [2.75, 3.05) is 13.2 Å². The van der Waals surface area contributed by atoms with Crippen molar-refractivity contribution >= 4 is 22.8 Å². The number of para-hydroxylation sites is 1. The first kappa shape index (κ1) is 19.3. The Morgan fingerprint density at radius 1 is 1.03 bits per heavy atom. The zero-order valence-electron chi connectivity index (χ0n) is 17.2. The van der Waals surface area contributed by atoms with Gasteiger partial charge in [-0.15, -0.1) is 0 Å². The van der Waals surface area contributed by atoms with Gasteiger partial charge < -0.3 is 19.4 Å². The Kier molecular flexibility index (Phi) is 4.89. The summed E-state index contributed by atoms with van der Waals surface area (Å²) in [7, 11) is 1.88. The Labute approximate surface area is 179 Å². The van der Waals surface area contributed by atoms with Gasteiger partial charge in [0, 0.05) is 24.1 Å². The minimum atomic E-state index is -0.458. The fourth-order valence-corrected chi connectivity index (χ4v) is 4.04. The fourth-order valence-electron chi connectivity index (χ4n) is 4.04. The highest BCUT2D eigenvalue weighted by atomic mass is 16.6. The van der Waals surface area contributed by atoms with Crippen molar-refractivity contribution in [3.05, 3.63) is 59.8 Å². The van der Waals surface area contributed by atoms with Crippen molar-refractivity contribution < 1.29 is 19.1 Å². The highest BCUT2D eigenvalue weighted by Crippen LogP contribution is 2.43. The third-order valence-electron chi connectivity index (χ3n) is 5.74. The predicted octanol–water partition coefficient (Wildman–Crippen LogP) is 3.04. The number of hydrogen-bond donors (Lipinski definition) is 3. The van der Waals surface area contributed by atoms with Crippen LogP contribution >= 0.6 is 0 Å². The van der Waals surface area contributed by atoms with Crippen molar-refractivity contribution in [2.45, 2.75) is 18.9 Å². The number of hydrogen-bond acceptors (Lipinski definition) is 4. The van der Waals surface area contributed by atoms with Crippen molar-refractivity contribution in [1.82, 2.24) is 20.7 Å². The lowest BCUT2D eigenvalue weighted by atomic mass is 10.0. The maximum atomic E-state index is 12.6. The number of carbonyl (C=O) groups excluding carboxylic acids is 2. The number of nitrogens with zero attached hydrogens (tertiary/aromatic N) is 1. The molecular weight excluding hydrogens is 396 g/mol. The Hall–Kier alpha value is -3.68. The fraction of sp³-hybridized carbons (Fsp3) is 0.304. The number of hydrazine groups is 1. The molecule has 3 aromatic rings. The number of ether oxygens (including phenoxy) is 2. The molecule has 1 saturated carbocycles. The van der Waals surface area contributed by atoms with E-state index < -0.39 is 6.03 Å². The number of nitrogens with one attached hydrogen (secondary N) is 3. The molecule has 0 spiro atoms. The van der Waals surface area contributed by atoms with Gasteiger partial charge in [-0.25, -0.2) is 10.2 Å². The van der Waals surface area contributed by atoms with Crippen molar-refractivity contribution in [2.24, 2.45) is 13.0 Å². The summed E-state index contributed by atoms with van der Waals surface area (Å²) in [4.78, 5) is 25.2. The number of aromatic nitrogens is 1. The molecule has 0 radical (unpaired) electrons. The summed E-state index contributed by atoms with van der Waals surface area (Å²) in [6.45, 7) is 1.05. The van der Waals surface area contributed by atoms with E-state index in [4.69, 9.17) is 9.47 Å². The third kappa shape index (κ3) is 3.88. The average molecular weight is 420 g/mol. The molecule has 2 aromatic carbocycles. The largest absolute Gasteiger partial charge is 0.486 e. The zero-order chi connectivity index (χ0) is 21.4. The molecule has 5 rings (SSSR count). The molecule has 1 aliphatic carbocycles. The number of aryl methyl sites for hydroxylation is 1. The van der Waals surface area contributed by atoms with Gasteiger partial charge in [-0.05, 0) is 42.5 Å². The highest BCUT2D eigenvalue weighted by Gasteiger charge is 2.34. The van der Waals surface area contributed by atoms with Gasteiger partial charge in [0.2, 0.25) is 0 Å². The highest BCUT2D eigenvalue weighted by molar-refractivity contribution is 6.07. The van der Waals surface area contributed by atoms with Crippen LogP contribution in [-0.4, -0.2) is 29.7 Å². The van der Waals surface area contributed by atoms with Crippen LogP contribution in [0.2, 0.25) is 0 Å². The molecular formula is C23H24N4O4. The minimum absolute atomic E-state index is 0.162. The Balaban J connectivity index is 1.25. The summed E-state index contributed by atoms with van der Waals surface area (Å²) in [6, 6.07) is 12.8. The second-order valence-electron chi connectivity index (χ2n) is 7.94. The predicted molar refractivity (Wildman–Crippen MR) is 115 cm³/mol. The number of fused-ring (bicyclic) bond motifs is 2. The summed E-state index contributed by atoms with van der Waals surface area (Å²) < 4.78 is 13.1. The monoisotopic (exact) mass is 420 g/mol. The summed E-state index contributed by atoms with van der Waals surface area (Å²) in [6.07, 6.45) is 3.84. The van der Waals surface area contributed by atoms with Gasteiger partial charge >= 0.3 is 6.03 Å². The average Bonchev–Trinajstić information content (AvgIpc) is 3.59. The lowest BCUT2D eigenvalue weighted by molar-refractivity contribution is 0.0937. The molecule has 0 bridgehead atoms. The van der Waals surface area contributed by atoms with Gasteiger partial charge in [0.1, 0.15) is 13.2 Å². The third-order valence-corrected chi connectivity index (χ3v) is 5.74. The lowest BCUT2D eigenvalue weighted by Crippen LogP contribution is -2.48. The molecule has 0 saturated heterocycles. The van der Waals surface area contributed by atoms with E-state index in [0.717, 1.165) is 35.1 Å². The number of carbonyl (C=O) groups is 2. The van der Waals surface area contributed by atoms with E-state index in [1.807, 2.05) is 54.1 Å². The first-order chi connectivity index (χ1) is 15.1. The van der Waals surface area contributed by atoms with Crippen LogP contribution in [0.1, 0.15) is 34.8 Å². The van der Waals surface area contributed by atoms with E-state index >= 15 is 0 Å². The number of amides is 3. The van der Waals surface area contributed by atoms with Gasteiger partial charge in [-0.2, -0.15) is 0 Å². The van der Waals surface area contributed by atoms with Gasteiger partial charge in [-0.1, -0.05) is 24.3 Å². The molecule has 1 atom stereocenters. The first-order valence-electron chi connectivity index (χ1n) is 10.4. The Morgan fingerprint density at radius 3 is 2.61 bits per heavy atom. The molecule has 3 N–H and O–H groups in total. The Morgan fingerprint density at radius 2 is 1.81 bits per heavy atom. The van der Waals surface area contributed by atoms with Crippen LogP contribution in [-0.2, 0) is 7.05 Å². The summed E-state index contributed by atoms with van der Waals surface area (Å²) >= 11 is 0. The molecule has 8 nitrogen and oxygen atoms in total. The van der Waals surface area contributed by atoms with E-state index in [1.54, 1.807) is 6.20 Å². The van der Waals surface area contributed by atoms with Crippen molar-refractivity contribution in [3.63, 3.8) is 0 Å². The topological polar surface area (TPSA) is 93.6 Å². The van der Waals surface area contributed by atoms with Gasteiger partial charge in [0.25, 0.3) is 5.91 Å². The molecule has 2 heterocycles. The van der Waals surface area contributed by atoms with Gasteiger partial charge in [0.15, 0.2) is 11.5 Å². The number of urea groups is 1. The van der Waals surface area contributed by atoms with Crippen LogP contribution < -0.4 is 25.6 Å². The normalized spacial score (nSPS) is 15.9. The van der Waals surface area contributed by atoms with Crippen LogP contribution in [0.4, 0.5) is 4.79 Å².